The van der Waals surface area contributed by atoms with Gasteiger partial charge < -0.3 is 19.5 Å². The van der Waals surface area contributed by atoms with Gasteiger partial charge in [0.25, 0.3) is 0 Å². The van der Waals surface area contributed by atoms with Crippen LogP contribution in [-0.2, 0) is 13.6 Å². The first-order valence-electron chi connectivity index (χ1n) is 6.75. The molecule has 2 rings (SSSR count). The summed E-state index contributed by atoms with van der Waals surface area (Å²) in [6.45, 7) is 2.25. The Morgan fingerprint density at radius 3 is 2.65 bits per heavy atom. The van der Waals surface area contributed by atoms with Gasteiger partial charge in [-0.05, 0) is 12.1 Å². The van der Waals surface area contributed by atoms with Crippen molar-refractivity contribution in [1.29, 1.82) is 0 Å². The zero-order valence-electron chi connectivity index (χ0n) is 12.3. The van der Waals surface area contributed by atoms with Gasteiger partial charge in [0.1, 0.15) is 12.4 Å². The van der Waals surface area contributed by atoms with Crippen LogP contribution < -0.4 is 15.0 Å². The lowest BCUT2D eigenvalue weighted by molar-refractivity contribution is 0.313. The standard InChI is InChI=1S/C15H22N4O/c1-18(2)15-17-12-13(19(15)3)11-16-9-10-20-14-7-5-4-6-8-14/h4-8,12,16H,9-11H2,1-3H3. The van der Waals surface area contributed by atoms with Crippen molar-refractivity contribution in [1.82, 2.24) is 14.9 Å². The van der Waals surface area contributed by atoms with Gasteiger partial charge in [0.05, 0.1) is 11.9 Å². The Bertz CT molecular complexity index is 522. The Labute approximate surface area is 120 Å². The van der Waals surface area contributed by atoms with Crippen molar-refractivity contribution in [3.05, 3.63) is 42.2 Å². The summed E-state index contributed by atoms with van der Waals surface area (Å²) >= 11 is 0. The van der Waals surface area contributed by atoms with Crippen molar-refractivity contribution >= 4 is 5.95 Å². The van der Waals surface area contributed by atoms with Crippen molar-refractivity contribution in [2.24, 2.45) is 7.05 Å². The number of aromatic nitrogens is 2. The van der Waals surface area contributed by atoms with Crippen molar-refractivity contribution < 1.29 is 4.74 Å². The predicted molar refractivity (Wildman–Crippen MR) is 81.2 cm³/mol. The molecule has 108 valence electrons. The third-order valence-corrected chi connectivity index (χ3v) is 3.06. The average Bonchev–Trinajstić information content (AvgIpc) is 2.81. The van der Waals surface area contributed by atoms with Gasteiger partial charge in [-0.1, -0.05) is 18.2 Å². The number of imidazole rings is 1. The number of nitrogens with one attached hydrogen (secondary N) is 1. The van der Waals surface area contributed by atoms with Crippen LogP contribution >= 0.6 is 0 Å². The zero-order chi connectivity index (χ0) is 14.4. The van der Waals surface area contributed by atoms with Crippen LogP contribution in [0.5, 0.6) is 5.75 Å². The number of benzene rings is 1. The smallest absolute Gasteiger partial charge is 0.204 e. The third-order valence-electron chi connectivity index (χ3n) is 3.06. The summed E-state index contributed by atoms with van der Waals surface area (Å²) in [5, 5.41) is 3.36. The Kier molecular flexibility index (Phi) is 5.01. The van der Waals surface area contributed by atoms with E-state index in [1.165, 1.54) is 0 Å². The van der Waals surface area contributed by atoms with E-state index in [1.807, 2.05) is 62.6 Å². The number of anilines is 1. The normalized spacial score (nSPS) is 10.6. The molecule has 0 aliphatic rings. The molecule has 20 heavy (non-hydrogen) atoms. The summed E-state index contributed by atoms with van der Waals surface area (Å²) in [7, 11) is 6.01. The van der Waals surface area contributed by atoms with Gasteiger partial charge in [-0.15, -0.1) is 0 Å². The molecule has 0 bridgehead atoms. The number of hydrogen-bond acceptors (Lipinski definition) is 4. The van der Waals surface area contributed by atoms with Gasteiger partial charge in [-0.3, -0.25) is 0 Å². The van der Waals surface area contributed by atoms with Crippen molar-refractivity contribution in [3.63, 3.8) is 0 Å². The first-order chi connectivity index (χ1) is 9.68. The van der Waals surface area contributed by atoms with Crippen molar-refractivity contribution in [2.75, 3.05) is 32.1 Å². The molecule has 0 fully saturated rings. The number of hydrogen-bond donors (Lipinski definition) is 1. The lowest BCUT2D eigenvalue weighted by atomic mass is 10.3. The molecule has 0 atom stereocenters. The molecule has 5 heteroatoms. The molecule has 0 radical (unpaired) electrons. The monoisotopic (exact) mass is 274 g/mol. The van der Waals surface area contributed by atoms with Crippen LogP contribution in [0.2, 0.25) is 0 Å². The second-order valence-electron chi connectivity index (χ2n) is 4.84. The van der Waals surface area contributed by atoms with Crippen LogP contribution in [0.3, 0.4) is 0 Å². The Balaban J connectivity index is 1.71. The molecule has 0 amide bonds. The van der Waals surface area contributed by atoms with Crippen LogP contribution in [0.15, 0.2) is 36.5 Å². The van der Waals surface area contributed by atoms with Gasteiger partial charge in [0.15, 0.2) is 0 Å². The largest absolute Gasteiger partial charge is 0.492 e. The Morgan fingerprint density at radius 2 is 2.00 bits per heavy atom. The summed E-state index contributed by atoms with van der Waals surface area (Å²) in [6.07, 6.45) is 1.90. The summed E-state index contributed by atoms with van der Waals surface area (Å²) in [6, 6.07) is 9.85. The van der Waals surface area contributed by atoms with E-state index in [0.29, 0.717) is 6.61 Å². The van der Waals surface area contributed by atoms with E-state index in [-0.39, 0.29) is 0 Å². The molecule has 5 nitrogen and oxygen atoms in total. The maximum Gasteiger partial charge on any atom is 0.204 e. The van der Waals surface area contributed by atoms with Crippen molar-refractivity contribution in [2.45, 2.75) is 6.54 Å². The van der Waals surface area contributed by atoms with E-state index in [2.05, 4.69) is 14.9 Å². The lowest BCUT2D eigenvalue weighted by Crippen LogP contribution is -2.22. The van der Waals surface area contributed by atoms with E-state index in [0.717, 1.165) is 30.5 Å². The molecule has 0 aliphatic heterocycles. The molecule has 0 saturated heterocycles. The second kappa shape index (κ2) is 6.96. The van der Waals surface area contributed by atoms with Crippen LogP contribution in [0.4, 0.5) is 5.95 Å². The lowest BCUT2D eigenvalue weighted by Gasteiger charge is -2.13. The maximum atomic E-state index is 5.62. The Morgan fingerprint density at radius 1 is 1.25 bits per heavy atom. The molecule has 0 aliphatic carbocycles. The quantitative estimate of drug-likeness (QED) is 0.780. The molecule has 1 aromatic carbocycles. The highest BCUT2D eigenvalue weighted by atomic mass is 16.5. The molecular formula is C15H22N4O. The number of para-hydroxylation sites is 1. The molecule has 0 unspecified atom stereocenters. The van der Waals surface area contributed by atoms with Gasteiger partial charge in [0, 0.05) is 34.2 Å². The molecule has 0 spiro atoms. The first kappa shape index (κ1) is 14.4. The van der Waals surface area contributed by atoms with Gasteiger partial charge in [0.2, 0.25) is 5.95 Å². The fourth-order valence-corrected chi connectivity index (χ4v) is 1.99. The highest BCUT2D eigenvalue weighted by molar-refractivity contribution is 5.30. The minimum Gasteiger partial charge on any atom is -0.492 e. The van der Waals surface area contributed by atoms with Crippen LogP contribution in [0.1, 0.15) is 5.69 Å². The summed E-state index contributed by atoms with van der Waals surface area (Å²) in [5.74, 6) is 1.87. The summed E-state index contributed by atoms with van der Waals surface area (Å²) in [4.78, 5) is 6.38. The Hall–Kier alpha value is -2.01. The second-order valence-corrected chi connectivity index (χ2v) is 4.84. The maximum absolute atomic E-state index is 5.62. The molecular weight excluding hydrogens is 252 g/mol. The fraction of sp³-hybridized carbons (Fsp3) is 0.400. The van der Waals surface area contributed by atoms with E-state index >= 15 is 0 Å². The molecule has 0 saturated carbocycles. The topological polar surface area (TPSA) is 42.3 Å². The number of ether oxygens (including phenoxy) is 1. The van der Waals surface area contributed by atoms with E-state index in [9.17, 15) is 0 Å². The molecule has 2 aromatic rings. The highest BCUT2D eigenvalue weighted by Gasteiger charge is 2.07. The highest BCUT2D eigenvalue weighted by Crippen LogP contribution is 2.10. The summed E-state index contributed by atoms with van der Waals surface area (Å²) in [5.41, 5.74) is 1.16. The van der Waals surface area contributed by atoms with E-state index < -0.39 is 0 Å². The van der Waals surface area contributed by atoms with Gasteiger partial charge in [-0.25, -0.2) is 4.98 Å². The van der Waals surface area contributed by atoms with E-state index in [1.54, 1.807) is 0 Å². The SMILES string of the molecule is CN(C)c1ncc(CNCCOc2ccccc2)n1C. The predicted octanol–water partition coefficient (Wildman–Crippen LogP) is 1.65. The molecule has 1 aromatic heterocycles. The molecule has 1 heterocycles. The van der Waals surface area contributed by atoms with Gasteiger partial charge >= 0.3 is 0 Å². The minimum absolute atomic E-state index is 0.655. The van der Waals surface area contributed by atoms with E-state index in [4.69, 9.17) is 4.74 Å². The number of rotatable bonds is 7. The molecule has 1 N–H and O–H groups in total. The van der Waals surface area contributed by atoms with Crippen molar-refractivity contribution in [3.8, 4) is 5.75 Å². The fourth-order valence-electron chi connectivity index (χ4n) is 1.99. The minimum atomic E-state index is 0.655. The van der Waals surface area contributed by atoms with Crippen LogP contribution in [0.25, 0.3) is 0 Å². The first-order valence-corrected chi connectivity index (χ1v) is 6.75. The number of nitrogens with zero attached hydrogens (tertiary/aromatic N) is 3. The third kappa shape index (κ3) is 3.74. The van der Waals surface area contributed by atoms with Gasteiger partial charge in [-0.2, -0.15) is 0 Å². The van der Waals surface area contributed by atoms with Crippen LogP contribution in [0, 0.1) is 0 Å². The van der Waals surface area contributed by atoms with Crippen LogP contribution in [-0.4, -0.2) is 36.8 Å². The average molecular weight is 274 g/mol. The zero-order valence-corrected chi connectivity index (χ0v) is 12.3. The summed E-state index contributed by atoms with van der Waals surface area (Å²) < 4.78 is 7.71.